The second-order valence-corrected chi connectivity index (χ2v) is 7.22. The molecular weight excluding hydrogens is 519 g/mol. The minimum atomic E-state index is -0.145. The molecule has 0 fully saturated rings. The fraction of sp³-hybridized carbons (Fsp3) is 0.417. The summed E-state index contributed by atoms with van der Waals surface area (Å²) in [4.78, 5) is 16.1. The maximum Gasteiger partial charge on any atom is 0.221 e. The Bertz CT molecular complexity index is 903. The van der Waals surface area contributed by atoms with Crippen LogP contribution < -0.4 is 25.4 Å². The molecule has 0 heterocycles. The first-order valence-electron chi connectivity index (χ1n) is 10.7. The van der Waals surface area contributed by atoms with Crippen molar-refractivity contribution in [3.05, 3.63) is 53.1 Å². The van der Waals surface area contributed by atoms with Crippen molar-refractivity contribution >= 4 is 41.5 Å². The third kappa shape index (κ3) is 8.94. The second-order valence-electron chi connectivity index (χ2n) is 7.22. The minimum Gasteiger partial charge on any atom is -0.495 e. The molecule has 0 aliphatic rings. The lowest BCUT2D eigenvalue weighted by molar-refractivity contribution is -0.114. The lowest BCUT2D eigenvalue weighted by atomic mass is 10.1. The maximum atomic E-state index is 11.5. The van der Waals surface area contributed by atoms with Gasteiger partial charge >= 0.3 is 0 Å². The van der Waals surface area contributed by atoms with Crippen molar-refractivity contribution in [1.29, 1.82) is 0 Å². The number of hydrogen-bond donors (Lipinski definition) is 3. The molecular formula is C24H35IN4O3. The summed E-state index contributed by atoms with van der Waals surface area (Å²) in [5, 5.41) is 9.44. The standard InChI is InChI=1S/C24H34N4O3.HI/c1-6-12-31-23-13-17(3)8-10-20(23)16-27-24(25-7-2)26-15-19-9-11-22(30-5)21(14-19)28-18(4)29;/h8-11,13-14H,6-7,12,15-16H2,1-5H3,(H,28,29)(H2,25,26,27);1H. The summed E-state index contributed by atoms with van der Waals surface area (Å²) < 4.78 is 11.2. The van der Waals surface area contributed by atoms with Gasteiger partial charge in [-0.15, -0.1) is 24.0 Å². The molecule has 0 unspecified atom stereocenters. The average Bonchev–Trinajstić information content (AvgIpc) is 2.74. The predicted octanol–water partition coefficient (Wildman–Crippen LogP) is 4.62. The molecule has 2 aromatic carbocycles. The first kappa shape index (κ1) is 27.5. The van der Waals surface area contributed by atoms with Crippen molar-refractivity contribution in [2.45, 2.75) is 47.2 Å². The van der Waals surface area contributed by atoms with E-state index in [0.717, 1.165) is 29.8 Å². The lowest BCUT2D eigenvalue weighted by Gasteiger charge is -2.15. The number of ether oxygens (including phenoxy) is 2. The Kier molecular flexibility index (Phi) is 12.5. The monoisotopic (exact) mass is 554 g/mol. The summed E-state index contributed by atoms with van der Waals surface area (Å²) in [5.41, 5.74) is 3.86. The smallest absolute Gasteiger partial charge is 0.221 e. The second kappa shape index (κ2) is 14.5. The van der Waals surface area contributed by atoms with Gasteiger partial charge in [0.15, 0.2) is 5.96 Å². The summed E-state index contributed by atoms with van der Waals surface area (Å²) >= 11 is 0. The van der Waals surface area contributed by atoms with Crippen molar-refractivity contribution in [2.24, 2.45) is 4.99 Å². The highest BCUT2D eigenvalue weighted by Crippen LogP contribution is 2.26. The summed E-state index contributed by atoms with van der Waals surface area (Å²) in [6.45, 7) is 10.2. The average molecular weight is 554 g/mol. The zero-order chi connectivity index (χ0) is 22.6. The van der Waals surface area contributed by atoms with Crippen LogP contribution >= 0.6 is 24.0 Å². The number of nitrogens with one attached hydrogen (secondary N) is 3. The molecule has 176 valence electrons. The molecule has 0 saturated carbocycles. The zero-order valence-electron chi connectivity index (χ0n) is 19.6. The van der Waals surface area contributed by atoms with Crippen LogP contribution in [-0.2, 0) is 17.9 Å². The Morgan fingerprint density at radius 1 is 1.06 bits per heavy atom. The van der Waals surface area contributed by atoms with E-state index in [2.05, 4.69) is 53.0 Å². The number of carbonyl (C=O) groups is 1. The van der Waals surface area contributed by atoms with Gasteiger partial charge in [-0.3, -0.25) is 4.79 Å². The molecule has 0 aliphatic heterocycles. The van der Waals surface area contributed by atoms with Gasteiger partial charge in [-0.2, -0.15) is 0 Å². The van der Waals surface area contributed by atoms with Gasteiger partial charge in [-0.05, 0) is 49.6 Å². The Morgan fingerprint density at radius 2 is 1.84 bits per heavy atom. The van der Waals surface area contributed by atoms with Crippen LogP contribution in [-0.4, -0.2) is 32.1 Å². The largest absolute Gasteiger partial charge is 0.495 e. The third-order valence-corrected chi connectivity index (χ3v) is 4.47. The fourth-order valence-electron chi connectivity index (χ4n) is 2.99. The minimum absolute atomic E-state index is 0. The first-order valence-corrected chi connectivity index (χ1v) is 10.7. The molecule has 0 aliphatic carbocycles. The van der Waals surface area contributed by atoms with Gasteiger partial charge in [0.25, 0.3) is 0 Å². The van der Waals surface area contributed by atoms with E-state index < -0.39 is 0 Å². The number of aliphatic imine (C=N–C) groups is 1. The molecule has 2 rings (SSSR count). The van der Waals surface area contributed by atoms with E-state index in [0.29, 0.717) is 37.1 Å². The van der Waals surface area contributed by atoms with Crippen molar-refractivity contribution in [1.82, 2.24) is 10.6 Å². The molecule has 0 aromatic heterocycles. The molecule has 0 spiro atoms. The van der Waals surface area contributed by atoms with E-state index in [-0.39, 0.29) is 29.9 Å². The number of amides is 1. The van der Waals surface area contributed by atoms with Gasteiger partial charge < -0.3 is 25.4 Å². The number of anilines is 1. The Morgan fingerprint density at radius 3 is 2.50 bits per heavy atom. The van der Waals surface area contributed by atoms with E-state index in [1.165, 1.54) is 12.5 Å². The number of halogens is 1. The SMILES string of the molecule is CCCOc1cc(C)ccc1CNC(=NCc1ccc(OC)c(NC(C)=O)c1)NCC.I. The Labute approximate surface area is 208 Å². The highest BCUT2D eigenvalue weighted by atomic mass is 127. The molecule has 0 saturated heterocycles. The third-order valence-electron chi connectivity index (χ3n) is 4.47. The van der Waals surface area contributed by atoms with Crippen LogP contribution in [0.2, 0.25) is 0 Å². The number of hydrogen-bond acceptors (Lipinski definition) is 4. The quantitative estimate of drug-likeness (QED) is 0.227. The molecule has 2 aromatic rings. The van der Waals surface area contributed by atoms with Gasteiger partial charge in [0.05, 0.1) is 25.9 Å². The first-order chi connectivity index (χ1) is 15.0. The predicted molar refractivity (Wildman–Crippen MR) is 141 cm³/mol. The molecule has 0 atom stereocenters. The lowest BCUT2D eigenvalue weighted by Crippen LogP contribution is -2.36. The van der Waals surface area contributed by atoms with Crippen LogP contribution in [0.25, 0.3) is 0 Å². The molecule has 8 heteroatoms. The van der Waals surface area contributed by atoms with Crippen LogP contribution in [0.5, 0.6) is 11.5 Å². The number of nitrogens with zero attached hydrogens (tertiary/aromatic N) is 1. The van der Waals surface area contributed by atoms with E-state index in [1.807, 2.05) is 25.1 Å². The number of methoxy groups -OCH3 is 1. The molecule has 32 heavy (non-hydrogen) atoms. The van der Waals surface area contributed by atoms with E-state index >= 15 is 0 Å². The zero-order valence-corrected chi connectivity index (χ0v) is 21.9. The normalized spacial score (nSPS) is 10.7. The number of carbonyl (C=O) groups excluding carboxylic acids is 1. The van der Waals surface area contributed by atoms with Crippen LogP contribution in [0.1, 0.15) is 43.9 Å². The molecule has 1 amide bonds. The van der Waals surface area contributed by atoms with Crippen LogP contribution in [0.4, 0.5) is 5.69 Å². The molecule has 3 N–H and O–H groups in total. The Hall–Kier alpha value is -2.49. The van der Waals surface area contributed by atoms with Gasteiger partial charge in [0.1, 0.15) is 11.5 Å². The van der Waals surface area contributed by atoms with Gasteiger partial charge in [-0.1, -0.05) is 25.1 Å². The summed E-state index contributed by atoms with van der Waals surface area (Å²) in [6.07, 6.45) is 0.966. The van der Waals surface area contributed by atoms with Crippen molar-refractivity contribution in [3.8, 4) is 11.5 Å². The van der Waals surface area contributed by atoms with Crippen molar-refractivity contribution < 1.29 is 14.3 Å². The van der Waals surface area contributed by atoms with Crippen molar-refractivity contribution in [3.63, 3.8) is 0 Å². The number of benzene rings is 2. The van der Waals surface area contributed by atoms with E-state index in [4.69, 9.17) is 9.47 Å². The summed E-state index contributed by atoms with van der Waals surface area (Å²) in [6, 6.07) is 11.9. The molecule has 0 radical (unpaired) electrons. The van der Waals surface area contributed by atoms with E-state index in [9.17, 15) is 4.79 Å². The summed E-state index contributed by atoms with van der Waals surface area (Å²) in [7, 11) is 1.58. The maximum absolute atomic E-state index is 11.5. The topological polar surface area (TPSA) is 84.0 Å². The highest BCUT2D eigenvalue weighted by molar-refractivity contribution is 14.0. The van der Waals surface area contributed by atoms with Crippen LogP contribution in [0.3, 0.4) is 0 Å². The van der Waals surface area contributed by atoms with Crippen LogP contribution in [0, 0.1) is 6.92 Å². The van der Waals surface area contributed by atoms with E-state index in [1.54, 1.807) is 7.11 Å². The van der Waals surface area contributed by atoms with Crippen LogP contribution in [0.15, 0.2) is 41.4 Å². The Balaban J connectivity index is 0.00000512. The number of aryl methyl sites for hydroxylation is 1. The fourth-order valence-corrected chi connectivity index (χ4v) is 2.99. The van der Waals surface area contributed by atoms with Gasteiger partial charge in [0, 0.05) is 25.6 Å². The van der Waals surface area contributed by atoms with Crippen molar-refractivity contribution in [2.75, 3.05) is 25.6 Å². The summed E-state index contributed by atoms with van der Waals surface area (Å²) in [5.74, 6) is 2.09. The van der Waals surface area contributed by atoms with Gasteiger partial charge in [-0.25, -0.2) is 4.99 Å². The molecule has 0 bridgehead atoms. The highest BCUT2D eigenvalue weighted by Gasteiger charge is 2.08. The number of guanidine groups is 1. The number of rotatable bonds is 10. The van der Waals surface area contributed by atoms with Gasteiger partial charge in [0.2, 0.25) is 5.91 Å². The molecule has 7 nitrogen and oxygen atoms in total.